The van der Waals surface area contributed by atoms with E-state index in [-0.39, 0.29) is 12.5 Å². The molecule has 0 radical (unpaired) electrons. The molecule has 1 amide bonds. The Morgan fingerprint density at radius 3 is 2.62 bits per heavy atom. The first-order chi connectivity index (χ1) is 11.3. The van der Waals surface area contributed by atoms with Gasteiger partial charge in [0.25, 0.3) is 5.91 Å². The van der Waals surface area contributed by atoms with Crippen molar-refractivity contribution in [3.8, 4) is 5.75 Å². The zero-order valence-corrected chi connectivity index (χ0v) is 13.2. The molecular weight excluding hydrogens is 319 g/mol. The minimum absolute atomic E-state index is 0.0624. The Morgan fingerprint density at radius 2 is 1.92 bits per heavy atom. The molecule has 1 heterocycles. The number of amides is 1. The smallest absolute Gasteiger partial charge is 0.416 e. The lowest BCUT2D eigenvalue weighted by Gasteiger charge is -2.33. The van der Waals surface area contributed by atoms with Gasteiger partial charge in [0.15, 0.2) is 6.10 Å². The lowest BCUT2D eigenvalue weighted by Crippen LogP contribution is -2.44. The number of hydrogen-bond donors (Lipinski definition) is 0. The predicted octanol–water partition coefficient (Wildman–Crippen LogP) is 4.33. The van der Waals surface area contributed by atoms with E-state index in [0.29, 0.717) is 17.0 Å². The fourth-order valence-electron chi connectivity index (χ4n) is 2.71. The first kappa shape index (κ1) is 16.4. The highest BCUT2D eigenvalue weighted by molar-refractivity contribution is 5.99. The van der Waals surface area contributed by atoms with Gasteiger partial charge in [-0.2, -0.15) is 13.2 Å². The maximum Gasteiger partial charge on any atom is 0.416 e. The minimum Gasteiger partial charge on any atom is -0.479 e. The molecule has 0 saturated heterocycles. The van der Waals surface area contributed by atoms with Gasteiger partial charge in [-0.25, -0.2) is 0 Å². The quantitative estimate of drug-likeness (QED) is 0.818. The molecule has 0 aromatic heterocycles. The summed E-state index contributed by atoms with van der Waals surface area (Å²) in [6.07, 6.45) is -5.08. The first-order valence-electron chi connectivity index (χ1n) is 7.50. The molecule has 0 fully saturated rings. The minimum atomic E-state index is -4.41. The summed E-state index contributed by atoms with van der Waals surface area (Å²) in [4.78, 5) is 13.9. The van der Waals surface area contributed by atoms with Crippen LogP contribution in [0, 0.1) is 6.92 Å². The first-order valence-corrected chi connectivity index (χ1v) is 7.50. The number of anilines is 1. The van der Waals surface area contributed by atoms with Crippen LogP contribution in [0.15, 0.2) is 42.5 Å². The van der Waals surface area contributed by atoms with Crippen LogP contribution < -0.4 is 9.64 Å². The van der Waals surface area contributed by atoms with Crippen molar-refractivity contribution in [1.29, 1.82) is 0 Å². The zero-order valence-electron chi connectivity index (χ0n) is 13.2. The molecule has 0 unspecified atom stereocenters. The van der Waals surface area contributed by atoms with Crippen molar-refractivity contribution in [2.45, 2.75) is 32.7 Å². The van der Waals surface area contributed by atoms with Gasteiger partial charge in [0, 0.05) is 0 Å². The van der Waals surface area contributed by atoms with Gasteiger partial charge in [-0.1, -0.05) is 18.2 Å². The van der Waals surface area contributed by atoms with Crippen molar-refractivity contribution >= 4 is 11.6 Å². The average molecular weight is 335 g/mol. The maximum absolute atomic E-state index is 12.9. The van der Waals surface area contributed by atoms with Gasteiger partial charge in [-0.05, 0) is 49.2 Å². The Labute approximate surface area is 137 Å². The van der Waals surface area contributed by atoms with Crippen molar-refractivity contribution in [1.82, 2.24) is 0 Å². The van der Waals surface area contributed by atoms with Gasteiger partial charge in [0.1, 0.15) is 5.75 Å². The molecule has 0 spiro atoms. The Balaban J connectivity index is 1.98. The van der Waals surface area contributed by atoms with Gasteiger partial charge in [-0.3, -0.25) is 4.79 Å². The molecule has 3 nitrogen and oxygen atoms in total. The molecule has 24 heavy (non-hydrogen) atoms. The predicted molar refractivity (Wildman–Crippen MR) is 83.9 cm³/mol. The standard InChI is InChI=1S/C18H16F3NO2/c1-11-6-7-16-15(8-11)22(17(23)12(2)24-16)10-13-4-3-5-14(9-13)18(19,20)21/h3-9,12H,10H2,1-2H3/t12-/m0/s1. The second-order valence-corrected chi connectivity index (χ2v) is 5.85. The van der Waals surface area contributed by atoms with Crippen molar-refractivity contribution < 1.29 is 22.7 Å². The summed E-state index contributed by atoms with van der Waals surface area (Å²) >= 11 is 0. The maximum atomic E-state index is 12.9. The number of halogens is 3. The molecule has 3 rings (SSSR count). The van der Waals surface area contributed by atoms with Crippen molar-refractivity contribution in [2.75, 3.05) is 4.90 Å². The number of rotatable bonds is 2. The van der Waals surface area contributed by atoms with Gasteiger partial charge >= 0.3 is 6.18 Å². The molecule has 0 N–H and O–H groups in total. The molecule has 0 bridgehead atoms. The molecule has 1 aliphatic heterocycles. The second kappa shape index (κ2) is 5.85. The third-order valence-electron chi connectivity index (χ3n) is 3.92. The van der Waals surface area contributed by atoms with Gasteiger partial charge in [0.2, 0.25) is 0 Å². The van der Waals surface area contributed by atoms with Crippen LogP contribution in [0.4, 0.5) is 18.9 Å². The van der Waals surface area contributed by atoms with Crippen LogP contribution in [-0.4, -0.2) is 12.0 Å². The van der Waals surface area contributed by atoms with E-state index < -0.39 is 17.8 Å². The lowest BCUT2D eigenvalue weighted by atomic mass is 10.1. The van der Waals surface area contributed by atoms with E-state index in [1.807, 2.05) is 13.0 Å². The Hall–Kier alpha value is -2.50. The number of nitrogens with zero attached hydrogens (tertiary/aromatic N) is 1. The number of fused-ring (bicyclic) bond motifs is 1. The molecule has 6 heteroatoms. The van der Waals surface area contributed by atoms with Crippen molar-refractivity contribution in [3.63, 3.8) is 0 Å². The number of carbonyl (C=O) groups excluding carboxylic acids is 1. The summed E-state index contributed by atoms with van der Waals surface area (Å²) in [7, 11) is 0. The summed E-state index contributed by atoms with van der Waals surface area (Å²) in [5.74, 6) is 0.283. The summed E-state index contributed by atoms with van der Waals surface area (Å²) < 4.78 is 44.2. The van der Waals surface area contributed by atoms with E-state index in [2.05, 4.69) is 0 Å². The molecule has 126 valence electrons. The molecular formula is C18H16F3NO2. The third-order valence-corrected chi connectivity index (χ3v) is 3.92. The van der Waals surface area contributed by atoms with E-state index in [4.69, 9.17) is 4.74 Å². The Morgan fingerprint density at radius 1 is 1.17 bits per heavy atom. The number of hydrogen-bond acceptors (Lipinski definition) is 2. The van der Waals surface area contributed by atoms with Crippen LogP contribution in [0.1, 0.15) is 23.6 Å². The van der Waals surface area contributed by atoms with E-state index >= 15 is 0 Å². The number of alkyl halides is 3. The van der Waals surface area contributed by atoms with Crippen LogP contribution in [0.25, 0.3) is 0 Å². The van der Waals surface area contributed by atoms with Gasteiger partial charge < -0.3 is 9.64 Å². The summed E-state index contributed by atoms with van der Waals surface area (Å²) in [6.45, 7) is 3.57. The highest BCUT2D eigenvalue weighted by Gasteiger charge is 2.33. The highest BCUT2D eigenvalue weighted by Crippen LogP contribution is 2.36. The van der Waals surface area contributed by atoms with E-state index in [1.54, 1.807) is 25.1 Å². The second-order valence-electron chi connectivity index (χ2n) is 5.85. The topological polar surface area (TPSA) is 29.5 Å². The fraction of sp³-hybridized carbons (Fsp3) is 0.278. The molecule has 1 atom stereocenters. The summed E-state index contributed by atoms with van der Waals surface area (Å²) in [6, 6.07) is 10.5. The normalized spacial score (nSPS) is 17.5. The number of aryl methyl sites for hydroxylation is 1. The summed E-state index contributed by atoms with van der Waals surface area (Å²) in [5.41, 5.74) is 1.21. The van der Waals surface area contributed by atoms with Crippen LogP contribution in [0.3, 0.4) is 0 Å². The third kappa shape index (κ3) is 3.09. The molecule has 0 saturated carbocycles. The number of ether oxygens (including phenoxy) is 1. The highest BCUT2D eigenvalue weighted by atomic mass is 19.4. The fourth-order valence-corrected chi connectivity index (χ4v) is 2.71. The molecule has 2 aromatic rings. The largest absolute Gasteiger partial charge is 0.479 e. The SMILES string of the molecule is Cc1ccc2c(c1)N(Cc1cccc(C(F)(F)F)c1)C(=O)[C@H](C)O2. The van der Waals surface area contributed by atoms with Crippen LogP contribution in [0.2, 0.25) is 0 Å². The van der Waals surface area contributed by atoms with E-state index in [9.17, 15) is 18.0 Å². The summed E-state index contributed by atoms with van der Waals surface area (Å²) in [5, 5.41) is 0. The van der Waals surface area contributed by atoms with E-state index in [1.165, 1.54) is 11.0 Å². The van der Waals surface area contributed by atoms with Crippen molar-refractivity contribution in [2.24, 2.45) is 0 Å². The molecule has 0 aliphatic carbocycles. The van der Waals surface area contributed by atoms with Crippen molar-refractivity contribution in [3.05, 3.63) is 59.2 Å². The average Bonchev–Trinajstić information content (AvgIpc) is 2.52. The number of carbonyl (C=O) groups is 1. The van der Waals surface area contributed by atoms with Crippen LogP contribution >= 0.6 is 0 Å². The Kier molecular flexibility index (Phi) is 3.99. The zero-order chi connectivity index (χ0) is 17.5. The Bertz CT molecular complexity index is 786. The van der Waals surface area contributed by atoms with Crippen LogP contribution in [0.5, 0.6) is 5.75 Å². The van der Waals surface area contributed by atoms with Crippen LogP contribution in [-0.2, 0) is 17.5 Å². The number of benzene rings is 2. The molecule has 2 aromatic carbocycles. The monoisotopic (exact) mass is 335 g/mol. The van der Waals surface area contributed by atoms with Gasteiger partial charge in [0.05, 0.1) is 17.8 Å². The van der Waals surface area contributed by atoms with E-state index in [0.717, 1.165) is 17.7 Å². The molecule has 1 aliphatic rings. The lowest BCUT2D eigenvalue weighted by molar-refractivity contribution is -0.137. The van der Waals surface area contributed by atoms with Gasteiger partial charge in [-0.15, -0.1) is 0 Å².